The number of nitrogens with zero attached hydrogens (tertiary/aromatic N) is 4. The van der Waals surface area contributed by atoms with Crippen LogP contribution in [0.25, 0.3) is 27.0 Å². The molecule has 0 spiro atoms. The highest BCUT2D eigenvalue weighted by Crippen LogP contribution is 2.34. The third-order valence-electron chi connectivity index (χ3n) is 4.65. The van der Waals surface area contributed by atoms with Crippen molar-refractivity contribution >= 4 is 38.8 Å². The summed E-state index contributed by atoms with van der Waals surface area (Å²) in [5.41, 5.74) is 2.95. The smallest absolute Gasteiger partial charge is 0.324 e. The molecule has 0 aliphatic rings. The number of amides is 1. The highest BCUT2D eigenvalue weighted by atomic mass is 32.1. The molecule has 0 bridgehead atoms. The second-order valence-corrected chi connectivity index (χ2v) is 7.51. The van der Waals surface area contributed by atoms with Gasteiger partial charge in [0.2, 0.25) is 5.91 Å². The summed E-state index contributed by atoms with van der Waals surface area (Å²) in [6, 6.07) is 15.1. The van der Waals surface area contributed by atoms with Crippen molar-refractivity contribution in [2.75, 3.05) is 5.32 Å². The Hall–Kier alpha value is -3.85. The van der Waals surface area contributed by atoms with E-state index in [1.807, 2.05) is 23.6 Å². The fourth-order valence-corrected chi connectivity index (χ4v) is 4.23. The zero-order chi connectivity index (χ0) is 20.7. The van der Waals surface area contributed by atoms with Crippen molar-refractivity contribution in [2.24, 2.45) is 0 Å². The molecule has 148 valence electrons. The van der Waals surface area contributed by atoms with Gasteiger partial charge in [0.1, 0.15) is 18.7 Å². The summed E-state index contributed by atoms with van der Waals surface area (Å²) in [7, 11) is 0. The lowest BCUT2D eigenvalue weighted by Crippen LogP contribution is -2.28. The fraction of sp³-hybridized carbons (Fsp3) is 0.0476. The number of nitrogens with one attached hydrogen (secondary N) is 1. The second-order valence-electron chi connectivity index (χ2n) is 6.63. The molecular weight excluding hydrogens is 405 g/mol. The van der Waals surface area contributed by atoms with Crippen LogP contribution in [0.1, 0.15) is 0 Å². The third-order valence-corrected chi connectivity index (χ3v) is 5.61. The molecule has 1 amide bonds. The molecule has 0 fully saturated rings. The number of thiophene rings is 1. The number of aromatic nitrogens is 4. The van der Waals surface area contributed by atoms with Crippen molar-refractivity contribution in [3.8, 4) is 11.1 Å². The Bertz CT molecular complexity index is 1440. The van der Waals surface area contributed by atoms with E-state index in [1.165, 1.54) is 34.2 Å². The van der Waals surface area contributed by atoms with Crippen molar-refractivity contribution in [3.05, 3.63) is 82.6 Å². The van der Waals surface area contributed by atoms with Gasteiger partial charge in [-0.15, -0.1) is 16.4 Å². The first-order valence-electron chi connectivity index (χ1n) is 9.06. The highest BCUT2D eigenvalue weighted by molar-refractivity contribution is 7.18. The number of rotatable bonds is 4. The summed E-state index contributed by atoms with van der Waals surface area (Å²) in [5, 5.41) is 9.00. The Labute approximate surface area is 173 Å². The largest absolute Gasteiger partial charge is 0.352 e. The standard InChI is InChI=1S/C21H14FN5O2S/c22-14-8-6-13(7-9-14)16-11-30-19-18(16)23-12-26-20(19)25-27(21(26)29)10-17(28)24-15-4-2-1-3-5-15/h1-9,11-12H,10H2,(H,24,28). The van der Waals surface area contributed by atoms with E-state index in [0.717, 1.165) is 20.5 Å². The third kappa shape index (κ3) is 3.15. The average Bonchev–Trinajstić information content (AvgIpc) is 3.31. The molecule has 5 aromatic rings. The molecule has 7 nitrogen and oxygen atoms in total. The average molecular weight is 419 g/mol. The van der Waals surface area contributed by atoms with Crippen molar-refractivity contribution < 1.29 is 9.18 Å². The normalized spacial score (nSPS) is 11.2. The van der Waals surface area contributed by atoms with E-state index in [4.69, 9.17) is 0 Å². The van der Waals surface area contributed by atoms with Crippen LogP contribution in [0.2, 0.25) is 0 Å². The molecule has 30 heavy (non-hydrogen) atoms. The van der Waals surface area contributed by atoms with Crippen LogP contribution in [0.5, 0.6) is 0 Å². The van der Waals surface area contributed by atoms with E-state index in [0.29, 0.717) is 16.9 Å². The quantitative estimate of drug-likeness (QED) is 0.483. The minimum atomic E-state index is -0.445. The summed E-state index contributed by atoms with van der Waals surface area (Å²) in [5.74, 6) is -0.665. The van der Waals surface area contributed by atoms with Crippen molar-refractivity contribution in [1.29, 1.82) is 0 Å². The summed E-state index contributed by atoms with van der Waals surface area (Å²) in [6.45, 7) is -0.215. The predicted octanol–water partition coefficient (Wildman–Crippen LogP) is 3.55. The maximum Gasteiger partial charge on any atom is 0.352 e. The van der Waals surface area contributed by atoms with E-state index in [9.17, 15) is 14.0 Å². The first-order chi connectivity index (χ1) is 14.6. The number of benzene rings is 2. The van der Waals surface area contributed by atoms with Crippen LogP contribution >= 0.6 is 11.3 Å². The number of para-hydroxylation sites is 1. The molecule has 0 saturated carbocycles. The van der Waals surface area contributed by atoms with Crippen LogP contribution in [-0.4, -0.2) is 25.1 Å². The molecule has 0 aliphatic heterocycles. The molecule has 0 atom stereocenters. The van der Waals surface area contributed by atoms with Gasteiger partial charge in [-0.3, -0.25) is 4.79 Å². The molecular formula is C21H14FN5O2S. The second kappa shape index (κ2) is 7.20. The molecule has 0 radical (unpaired) electrons. The van der Waals surface area contributed by atoms with Gasteiger partial charge in [0.05, 0.1) is 10.2 Å². The van der Waals surface area contributed by atoms with Gasteiger partial charge in [-0.25, -0.2) is 23.3 Å². The Morgan fingerprint density at radius 1 is 1.10 bits per heavy atom. The molecule has 0 aliphatic carbocycles. The summed E-state index contributed by atoms with van der Waals surface area (Å²) >= 11 is 1.39. The van der Waals surface area contributed by atoms with Crippen molar-refractivity contribution in [3.63, 3.8) is 0 Å². The summed E-state index contributed by atoms with van der Waals surface area (Å²) in [4.78, 5) is 29.4. The molecule has 3 heterocycles. The Morgan fingerprint density at radius 3 is 2.63 bits per heavy atom. The van der Waals surface area contributed by atoms with Gasteiger partial charge in [0, 0.05) is 16.6 Å². The maximum absolute atomic E-state index is 13.2. The topological polar surface area (TPSA) is 81.3 Å². The number of anilines is 1. The van der Waals surface area contributed by atoms with E-state index >= 15 is 0 Å². The van der Waals surface area contributed by atoms with E-state index in [2.05, 4.69) is 15.4 Å². The van der Waals surface area contributed by atoms with Crippen LogP contribution < -0.4 is 11.0 Å². The van der Waals surface area contributed by atoms with Gasteiger partial charge in [0.25, 0.3) is 0 Å². The van der Waals surface area contributed by atoms with E-state index < -0.39 is 5.69 Å². The monoisotopic (exact) mass is 419 g/mol. The lowest BCUT2D eigenvalue weighted by molar-refractivity contribution is -0.117. The fourth-order valence-electron chi connectivity index (χ4n) is 3.23. The van der Waals surface area contributed by atoms with Crippen molar-refractivity contribution in [1.82, 2.24) is 19.2 Å². The molecule has 2 aromatic carbocycles. The van der Waals surface area contributed by atoms with Crippen LogP contribution in [0.4, 0.5) is 10.1 Å². The minimum absolute atomic E-state index is 0.215. The SMILES string of the molecule is O=C(Cn1nc2c3scc(-c4ccc(F)cc4)c3ncn2c1=O)Nc1ccccc1. The highest BCUT2D eigenvalue weighted by Gasteiger charge is 2.17. The molecule has 9 heteroatoms. The lowest BCUT2D eigenvalue weighted by atomic mass is 10.1. The van der Waals surface area contributed by atoms with Crippen molar-refractivity contribution in [2.45, 2.75) is 6.54 Å². The summed E-state index contributed by atoms with van der Waals surface area (Å²) in [6.07, 6.45) is 1.40. The van der Waals surface area contributed by atoms with Gasteiger partial charge in [0.15, 0.2) is 5.65 Å². The molecule has 0 saturated heterocycles. The van der Waals surface area contributed by atoms with E-state index in [1.54, 1.807) is 24.3 Å². The number of hydrogen-bond donors (Lipinski definition) is 1. The van der Waals surface area contributed by atoms with Crippen LogP contribution in [-0.2, 0) is 11.3 Å². The molecule has 1 N–H and O–H groups in total. The van der Waals surface area contributed by atoms with Crippen LogP contribution in [0.3, 0.4) is 0 Å². The summed E-state index contributed by atoms with van der Waals surface area (Å²) < 4.78 is 16.4. The zero-order valence-corrected chi connectivity index (χ0v) is 16.3. The van der Waals surface area contributed by atoms with Crippen LogP contribution in [0, 0.1) is 5.82 Å². The van der Waals surface area contributed by atoms with Crippen LogP contribution in [0.15, 0.2) is 71.1 Å². The lowest BCUT2D eigenvalue weighted by Gasteiger charge is -2.03. The van der Waals surface area contributed by atoms with Gasteiger partial charge in [-0.1, -0.05) is 30.3 Å². The number of carbonyl (C=O) groups is 1. The number of hydrogen-bond acceptors (Lipinski definition) is 5. The Balaban J connectivity index is 1.52. The minimum Gasteiger partial charge on any atom is -0.324 e. The Kier molecular flexibility index (Phi) is 4.36. The van der Waals surface area contributed by atoms with Gasteiger partial charge >= 0.3 is 5.69 Å². The number of carbonyl (C=O) groups excluding carboxylic acids is 1. The van der Waals surface area contributed by atoms with Gasteiger partial charge in [-0.2, -0.15) is 0 Å². The number of fused-ring (bicyclic) bond motifs is 3. The molecule has 3 aromatic heterocycles. The molecule has 0 unspecified atom stereocenters. The maximum atomic E-state index is 13.2. The van der Waals surface area contributed by atoms with Gasteiger partial charge < -0.3 is 5.32 Å². The van der Waals surface area contributed by atoms with Gasteiger partial charge in [-0.05, 0) is 29.8 Å². The van der Waals surface area contributed by atoms with E-state index in [-0.39, 0.29) is 18.3 Å². The first-order valence-corrected chi connectivity index (χ1v) is 9.94. The first kappa shape index (κ1) is 18.2. The predicted molar refractivity (Wildman–Crippen MR) is 113 cm³/mol. The Morgan fingerprint density at radius 2 is 1.87 bits per heavy atom. The molecule has 5 rings (SSSR count). The number of halogens is 1. The zero-order valence-electron chi connectivity index (χ0n) is 15.4.